The van der Waals surface area contributed by atoms with Crippen LogP contribution in [0.2, 0.25) is 5.02 Å². The molecule has 0 radical (unpaired) electrons. The van der Waals surface area contributed by atoms with Gasteiger partial charge in [-0.15, -0.1) is 0 Å². The van der Waals surface area contributed by atoms with Crippen LogP contribution >= 0.6 is 11.6 Å². The number of halogens is 1. The average Bonchev–Trinajstić information content (AvgIpc) is 2.57. The fourth-order valence-corrected chi connectivity index (χ4v) is 1.84. The van der Waals surface area contributed by atoms with Gasteiger partial charge in [0.25, 0.3) is 0 Å². The second-order valence-electron chi connectivity index (χ2n) is 3.61. The highest BCUT2D eigenvalue weighted by Crippen LogP contribution is 2.24. The van der Waals surface area contributed by atoms with E-state index in [1.54, 1.807) is 13.0 Å². The van der Waals surface area contributed by atoms with Gasteiger partial charge in [-0.05, 0) is 6.92 Å². The van der Waals surface area contributed by atoms with Gasteiger partial charge in [-0.2, -0.15) is 0 Å². The number of hydrogen-bond donors (Lipinski definition) is 3. The molecular formula is C9H9ClN4O3. The molecule has 3 heterocycles. The summed E-state index contributed by atoms with van der Waals surface area (Å²) in [5.74, 6) is 0.467. The van der Waals surface area contributed by atoms with E-state index in [0.29, 0.717) is 22.0 Å². The van der Waals surface area contributed by atoms with E-state index in [4.69, 9.17) is 21.1 Å². The van der Waals surface area contributed by atoms with Crippen molar-refractivity contribution in [3.63, 3.8) is 0 Å². The predicted molar refractivity (Wildman–Crippen MR) is 60.8 cm³/mol. The lowest BCUT2D eigenvalue weighted by Crippen LogP contribution is -2.44. The number of pyridine rings is 1. The number of aromatic amines is 2. The highest BCUT2D eigenvalue weighted by Gasteiger charge is 2.27. The first-order valence-electron chi connectivity index (χ1n) is 4.98. The fourth-order valence-electron chi connectivity index (χ4n) is 1.60. The fraction of sp³-hybridized carbons (Fsp3) is 0.333. The molecular weight excluding hydrogens is 248 g/mol. The quantitative estimate of drug-likeness (QED) is 0.745. The molecule has 2 aromatic heterocycles. The van der Waals surface area contributed by atoms with Crippen LogP contribution in [0.1, 0.15) is 6.92 Å². The van der Waals surface area contributed by atoms with Gasteiger partial charge in [0.15, 0.2) is 11.9 Å². The van der Waals surface area contributed by atoms with Gasteiger partial charge in [0.1, 0.15) is 11.3 Å². The van der Waals surface area contributed by atoms with E-state index >= 15 is 0 Å². The summed E-state index contributed by atoms with van der Waals surface area (Å²) >= 11 is 6.00. The molecule has 3 N–H and O–H groups in total. The Morgan fingerprint density at radius 3 is 2.94 bits per heavy atom. The Balaban J connectivity index is 1.92. The minimum Gasteiger partial charge on any atom is -0.322 e. The van der Waals surface area contributed by atoms with Gasteiger partial charge in [0.05, 0.1) is 5.02 Å². The third-order valence-corrected chi connectivity index (χ3v) is 2.64. The van der Waals surface area contributed by atoms with Gasteiger partial charge in [-0.25, -0.2) is 9.78 Å². The maximum Gasteiger partial charge on any atom is 0.325 e. The third kappa shape index (κ3) is 1.88. The summed E-state index contributed by atoms with van der Waals surface area (Å²) in [7, 11) is 0. The van der Waals surface area contributed by atoms with Crippen LogP contribution in [0, 0.1) is 0 Å². The maximum absolute atomic E-state index is 11.1. The summed E-state index contributed by atoms with van der Waals surface area (Å²) in [4.78, 5) is 20.3. The molecule has 17 heavy (non-hydrogen) atoms. The van der Waals surface area contributed by atoms with Crippen molar-refractivity contribution in [1.29, 1.82) is 0 Å². The average molecular weight is 257 g/mol. The van der Waals surface area contributed by atoms with Crippen molar-refractivity contribution < 1.29 is 9.47 Å². The molecule has 0 aliphatic carbocycles. The first kappa shape index (κ1) is 10.6. The van der Waals surface area contributed by atoms with E-state index in [0.717, 1.165) is 0 Å². The summed E-state index contributed by atoms with van der Waals surface area (Å²) in [5, 5.41) is 3.27. The lowest BCUT2D eigenvalue weighted by molar-refractivity contribution is -0.363. The van der Waals surface area contributed by atoms with Crippen molar-refractivity contribution >= 4 is 28.6 Å². The monoisotopic (exact) mass is 256 g/mol. The molecule has 0 spiro atoms. The van der Waals surface area contributed by atoms with Crippen LogP contribution in [-0.4, -0.2) is 27.7 Å². The Morgan fingerprint density at radius 2 is 2.24 bits per heavy atom. The Labute approximate surface area is 100 Å². The van der Waals surface area contributed by atoms with E-state index in [9.17, 15) is 4.79 Å². The van der Waals surface area contributed by atoms with Crippen LogP contribution in [0.3, 0.4) is 0 Å². The molecule has 1 fully saturated rings. The van der Waals surface area contributed by atoms with Gasteiger partial charge < -0.3 is 19.8 Å². The summed E-state index contributed by atoms with van der Waals surface area (Å²) < 4.78 is 10.4. The number of imidazole rings is 1. The number of aromatic nitrogens is 3. The zero-order valence-corrected chi connectivity index (χ0v) is 9.54. The Morgan fingerprint density at radius 1 is 1.47 bits per heavy atom. The van der Waals surface area contributed by atoms with Crippen LogP contribution in [0.4, 0.5) is 5.82 Å². The molecule has 0 unspecified atom stereocenters. The molecule has 8 heteroatoms. The van der Waals surface area contributed by atoms with Gasteiger partial charge >= 0.3 is 5.69 Å². The standard InChI is InChI=1S/C9H9ClN4O3/c1-3-16-9(17-3)12-5-2-4(10)6-7(11-5)14-8(15)13-6/h2-3,9H,1H3,(H3,11,12,13,14,15). The van der Waals surface area contributed by atoms with E-state index in [1.165, 1.54) is 0 Å². The van der Waals surface area contributed by atoms with Crippen molar-refractivity contribution in [2.75, 3.05) is 5.32 Å². The number of fused-ring (bicyclic) bond motifs is 1. The van der Waals surface area contributed by atoms with E-state index in [2.05, 4.69) is 20.3 Å². The minimum atomic E-state index is -0.531. The van der Waals surface area contributed by atoms with Crippen LogP contribution < -0.4 is 11.0 Å². The van der Waals surface area contributed by atoms with Crippen molar-refractivity contribution in [3.8, 4) is 0 Å². The summed E-state index contributed by atoms with van der Waals surface area (Å²) in [6, 6.07) is 1.59. The topological polar surface area (TPSA) is 92.0 Å². The van der Waals surface area contributed by atoms with E-state index in [1.807, 2.05) is 0 Å². The Hall–Kier alpha value is -1.57. The first-order chi connectivity index (χ1) is 8.11. The largest absolute Gasteiger partial charge is 0.325 e. The normalized spacial score (nSPS) is 23.6. The van der Waals surface area contributed by atoms with Gasteiger partial charge in [0, 0.05) is 6.07 Å². The molecule has 7 nitrogen and oxygen atoms in total. The van der Waals surface area contributed by atoms with Crippen molar-refractivity contribution in [2.24, 2.45) is 0 Å². The van der Waals surface area contributed by atoms with Crippen LogP contribution in [0.5, 0.6) is 0 Å². The second kappa shape index (κ2) is 3.73. The van der Waals surface area contributed by atoms with Crippen molar-refractivity contribution in [1.82, 2.24) is 15.0 Å². The zero-order chi connectivity index (χ0) is 12.0. The zero-order valence-electron chi connectivity index (χ0n) is 8.78. The highest BCUT2D eigenvalue weighted by atomic mass is 35.5. The molecule has 0 amide bonds. The molecule has 3 rings (SSSR count). The van der Waals surface area contributed by atoms with Crippen LogP contribution in [0.25, 0.3) is 11.2 Å². The highest BCUT2D eigenvalue weighted by molar-refractivity contribution is 6.35. The summed E-state index contributed by atoms with van der Waals surface area (Å²) in [6.45, 7) is 1.78. The number of hydrogen-bond acceptors (Lipinski definition) is 5. The lowest BCUT2D eigenvalue weighted by Gasteiger charge is -2.33. The molecule has 1 aliphatic rings. The molecule has 2 aromatic rings. The second-order valence-corrected chi connectivity index (χ2v) is 4.02. The van der Waals surface area contributed by atoms with E-state index < -0.39 is 6.41 Å². The Kier molecular flexibility index (Phi) is 2.32. The molecule has 0 aromatic carbocycles. The van der Waals surface area contributed by atoms with Crippen LogP contribution in [0.15, 0.2) is 10.9 Å². The molecule has 1 aliphatic heterocycles. The van der Waals surface area contributed by atoms with E-state index in [-0.39, 0.29) is 12.0 Å². The number of nitrogens with zero attached hydrogens (tertiary/aromatic N) is 1. The minimum absolute atomic E-state index is 0.223. The third-order valence-electron chi connectivity index (χ3n) is 2.34. The number of H-pyrrole nitrogens is 2. The molecule has 0 saturated carbocycles. The SMILES string of the molecule is CC1OC(Nc2cc(Cl)c3[nH]c(=O)[nH]c3n2)O1. The summed E-state index contributed by atoms with van der Waals surface area (Å²) in [6.07, 6.45) is -0.754. The lowest BCUT2D eigenvalue weighted by atomic mass is 10.4. The van der Waals surface area contributed by atoms with Crippen LogP contribution in [-0.2, 0) is 9.47 Å². The Bertz CT molecular complexity index is 616. The maximum atomic E-state index is 11.1. The molecule has 0 bridgehead atoms. The first-order valence-corrected chi connectivity index (χ1v) is 5.35. The number of rotatable bonds is 2. The number of nitrogens with one attached hydrogen (secondary N) is 3. The molecule has 1 saturated heterocycles. The van der Waals surface area contributed by atoms with Crippen molar-refractivity contribution in [2.45, 2.75) is 19.6 Å². The van der Waals surface area contributed by atoms with Gasteiger partial charge in [-0.3, -0.25) is 4.98 Å². The molecule has 0 atom stereocenters. The predicted octanol–water partition coefficient (Wildman–Crippen LogP) is 0.993. The summed E-state index contributed by atoms with van der Waals surface area (Å²) in [5.41, 5.74) is 0.514. The number of anilines is 1. The van der Waals surface area contributed by atoms with Gasteiger partial charge in [-0.1, -0.05) is 11.6 Å². The van der Waals surface area contributed by atoms with Crippen molar-refractivity contribution in [3.05, 3.63) is 21.6 Å². The molecule has 90 valence electrons. The van der Waals surface area contributed by atoms with Gasteiger partial charge in [0.2, 0.25) is 6.41 Å². The smallest absolute Gasteiger partial charge is 0.322 e. The number of ether oxygens (including phenoxy) is 2.